The SMILES string of the molecule is O=C(Cn1cnc2ccccc2c1=O)N1CCN(CCn2cccn2)CC1. The summed E-state index contributed by atoms with van der Waals surface area (Å²) in [4.78, 5) is 33.6. The molecule has 140 valence electrons. The molecule has 27 heavy (non-hydrogen) atoms. The number of benzene rings is 1. The standard InChI is InChI=1S/C19H22N6O2/c26-18(14-24-15-20-17-5-2-1-4-16(17)19(24)27)23-11-8-22(9-12-23)10-13-25-7-3-6-21-25/h1-7,15H,8-14H2. The van der Waals surface area contributed by atoms with Gasteiger partial charge in [0, 0.05) is 45.1 Å². The molecule has 0 spiro atoms. The number of carbonyl (C=O) groups is 1. The Hall–Kier alpha value is -3.00. The molecule has 0 bridgehead atoms. The Kier molecular flexibility index (Phi) is 4.97. The molecule has 8 heteroatoms. The van der Waals surface area contributed by atoms with Gasteiger partial charge in [-0.3, -0.25) is 23.7 Å². The molecule has 0 atom stereocenters. The molecule has 1 saturated heterocycles. The van der Waals surface area contributed by atoms with Gasteiger partial charge in [-0.1, -0.05) is 12.1 Å². The second-order valence-corrected chi connectivity index (χ2v) is 6.69. The topological polar surface area (TPSA) is 76.3 Å². The van der Waals surface area contributed by atoms with Crippen LogP contribution < -0.4 is 5.56 Å². The zero-order chi connectivity index (χ0) is 18.6. The van der Waals surface area contributed by atoms with Crippen molar-refractivity contribution in [3.8, 4) is 0 Å². The average molecular weight is 366 g/mol. The Balaban J connectivity index is 1.33. The Bertz CT molecular complexity index is 973. The lowest BCUT2D eigenvalue weighted by molar-refractivity contribution is -0.133. The van der Waals surface area contributed by atoms with Crippen molar-refractivity contribution in [3.05, 3.63) is 59.4 Å². The highest BCUT2D eigenvalue weighted by molar-refractivity contribution is 5.79. The van der Waals surface area contributed by atoms with Crippen LogP contribution in [0.5, 0.6) is 0 Å². The van der Waals surface area contributed by atoms with Crippen molar-refractivity contribution in [3.63, 3.8) is 0 Å². The van der Waals surface area contributed by atoms with Gasteiger partial charge in [0.25, 0.3) is 5.56 Å². The molecular weight excluding hydrogens is 344 g/mol. The van der Waals surface area contributed by atoms with E-state index in [0.717, 1.165) is 26.2 Å². The van der Waals surface area contributed by atoms with Crippen LogP contribution in [0.15, 0.2) is 53.8 Å². The van der Waals surface area contributed by atoms with E-state index in [0.29, 0.717) is 24.0 Å². The summed E-state index contributed by atoms with van der Waals surface area (Å²) >= 11 is 0. The van der Waals surface area contributed by atoms with Crippen LogP contribution in [0, 0.1) is 0 Å². The first-order valence-electron chi connectivity index (χ1n) is 9.12. The summed E-state index contributed by atoms with van der Waals surface area (Å²) in [6, 6.07) is 9.10. The molecular formula is C19H22N6O2. The predicted molar refractivity (Wildman–Crippen MR) is 101 cm³/mol. The molecule has 8 nitrogen and oxygen atoms in total. The Morgan fingerprint density at radius 2 is 1.85 bits per heavy atom. The number of aromatic nitrogens is 4. The predicted octanol–water partition coefficient (Wildman–Crippen LogP) is 0.437. The fourth-order valence-corrected chi connectivity index (χ4v) is 3.36. The second-order valence-electron chi connectivity index (χ2n) is 6.69. The molecule has 1 aliphatic heterocycles. The van der Waals surface area contributed by atoms with E-state index in [-0.39, 0.29) is 18.0 Å². The molecule has 3 aromatic rings. The zero-order valence-corrected chi connectivity index (χ0v) is 15.1. The zero-order valence-electron chi connectivity index (χ0n) is 15.1. The monoisotopic (exact) mass is 366 g/mol. The largest absolute Gasteiger partial charge is 0.339 e. The molecule has 1 fully saturated rings. The van der Waals surface area contributed by atoms with Crippen LogP contribution in [0.3, 0.4) is 0 Å². The summed E-state index contributed by atoms with van der Waals surface area (Å²) in [5.41, 5.74) is 0.476. The van der Waals surface area contributed by atoms with Crippen molar-refractivity contribution < 1.29 is 4.79 Å². The van der Waals surface area contributed by atoms with Crippen LogP contribution in [0.1, 0.15) is 0 Å². The Morgan fingerprint density at radius 1 is 1.04 bits per heavy atom. The van der Waals surface area contributed by atoms with Gasteiger partial charge in [-0.25, -0.2) is 4.98 Å². The number of fused-ring (bicyclic) bond motifs is 1. The lowest BCUT2D eigenvalue weighted by Crippen LogP contribution is -2.50. The third kappa shape index (κ3) is 3.90. The van der Waals surface area contributed by atoms with Crippen molar-refractivity contribution in [2.24, 2.45) is 0 Å². The summed E-state index contributed by atoms with van der Waals surface area (Å²) in [5.74, 6) is -0.0408. The molecule has 0 unspecified atom stereocenters. The minimum Gasteiger partial charge on any atom is -0.339 e. The summed E-state index contributed by atoms with van der Waals surface area (Å²) in [6.07, 6.45) is 5.19. The average Bonchev–Trinajstić information content (AvgIpc) is 3.23. The number of amides is 1. The number of piperazine rings is 1. The number of rotatable bonds is 5. The van der Waals surface area contributed by atoms with Crippen LogP contribution >= 0.6 is 0 Å². The molecule has 2 aromatic heterocycles. The molecule has 0 aliphatic carbocycles. The van der Waals surface area contributed by atoms with Crippen molar-refractivity contribution in [2.45, 2.75) is 13.1 Å². The Labute approximate surface area is 156 Å². The van der Waals surface area contributed by atoms with Crippen molar-refractivity contribution in [2.75, 3.05) is 32.7 Å². The van der Waals surface area contributed by atoms with Crippen LogP contribution in [0.4, 0.5) is 0 Å². The van der Waals surface area contributed by atoms with E-state index >= 15 is 0 Å². The van der Waals surface area contributed by atoms with E-state index in [4.69, 9.17) is 0 Å². The number of hydrogen-bond acceptors (Lipinski definition) is 5. The van der Waals surface area contributed by atoms with E-state index < -0.39 is 0 Å². The minimum absolute atomic E-state index is 0.0317. The summed E-state index contributed by atoms with van der Waals surface area (Å²) in [5, 5.41) is 4.75. The first kappa shape index (κ1) is 17.4. The summed E-state index contributed by atoms with van der Waals surface area (Å²) < 4.78 is 3.31. The van der Waals surface area contributed by atoms with E-state index in [9.17, 15) is 9.59 Å². The molecule has 0 radical (unpaired) electrons. The van der Waals surface area contributed by atoms with Crippen LogP contribution in [0.2, 0.25) is 0 Å². The van der Waals surface area contributed by atoms with Gasteiger partial charge in [-0.2, -0.15) is 5.10 Å². The number of para-hydroxylation sites is 1. The maximum atomic E-state index is 12.6. The third-order valence-electron chi connectivity index (χ3n) is 4.97. The first-order valence-corrected chi connectivity index (χ1v) is 9.12. The number of carbonyl (C=O) groups excluding carboxylic acids is 1. The van der Waals surface area contributed by atoms with Crippen LogP contribution in [-0.2, 0) is 17.9 Å². The normalized spacial score (nSPS) is 15.3. The first-order chi connectivity index (χ1) is 13.2. The molecule has 3 heterocycles. The van der Waals surface area contributed by atoms with Gasteiger partial charge >= 0.3 is 0 Å². The van der Waals surface area contributed by atoms with Crippen LogP contribution in [0.25, 0.3) is 10.9 Å². The van der Waals surface area contributed by atoms with E-state index in [2.05, 4.69) is 15.0 Å². The van der Waals surface area contributed by atoms with Gasteiger partial charge in [-0.15, -0.1) is 0 Å². The molecule has 1 aliphatic rings. The molecule has 4 rings (SSSR count). The maximum absolute atomic E-state index is 12.6. The van der Waals surface area contributed by atoms with Gasteiger partial charge in [-0.05, 0) is 18.2 Å². The van der Waals surface area contributed by atoms with Gasteiger partial charge in [0.1, 0.15) is 6.54 Å². The highest BCUT2D eigenvalue weighted by atomic mass is 16.2. The van der Waals surface area contributed by atoms with Crippen molar-refractivity contribution in [1.82, 2.24) is 29.1 Å². The summed E-state index contributed by atoms with van der Waals surface area (Å²) in [6.45, 7) is 4.80. The third-order valence-corrected chi connectivity index (χ3v) is 4.97. The number of hydrogen-bond donors (Lipinski definition) is 0. The van der Waals surface area contributed by atoms with Crippen LogP contribution in [-0.4, -0.2) is 67.8 Å². The lowest BCUT2D eigenvalue weighted by atomic mass is 10.2. The van der Waals surface area contributed by atoms with E-state index in [1.165, 1.54) is 10.9 Å². The highest BCUT2D eigenvalue weighted by Crippen LogP contribution is 2.06. The molecule has 1 aromatic carbocycles. The van der Waals surface area contributed by atoms with Crippen molar-refractivity contribution >= 4 is 16.8 Å². The Morgan fingerprint density at radius 3 is 2.63 bits per heavy atom. The highest BCUT2D eigenvalue weighted by Gasteiger charge is 2.21. The van der Waals surface area contributed by atoms with E-state index in [1.807, 2.05) is 27.9 Å². The fourth-order valence-electron chi connectivity index (χ4n) is 3.36. The van der Waals surface area contributed by atoms with E-state index in [1.54, 1.807) is 24.4 Å². The molecule has 0 saturated carbocycles. The fraction of sp³-hybridized carbons (Fsp3) is 0.368. The smallest absolute Gasteiger partial charge is 0.261 e. The van der Waals surface area contributed by atoms with Gasteiger partial charge in [0.05, 0.1) is 23.8 Å². The van der Waals surface area contributed by atoms with Gasteiger partial charge < -0.3 is 4.90 Å². The quantitative estimate of drug-likeness (QED) is 0.655. The van der Waals surface area contributed by atoms with Gasteiger partial charge in [0.2, 0.25) is 5.91 Å². The maximum Gasteiger partial charge on any atom is 0.261 e. The molecule has 1 amide bonds. The van der Waals surface area contributed by atoms with Gasteiger partial charge in [0.15, 0.2) is 0 Å². The number of nitrogens with zero attached hydrogens (tertiary/aromatic N) is 6. The lowest BCUT2D eigenvalue weighted by Gasteiger charge is -2.34. The molecule has 0 N–H and O–H groups in total. The second kappa shape index (κ2) is 7.71. The summed E-state index contributed by atoms with van der Waals surface area (Å²) in [7, 11) is 0. The minimum atomic E-state index is -0.174. The van der Waals surface area contributed by atoms with Crippen molar-refractivity contribution in [1.29, 1.82) is 0 Å².